The number of benzene rings is 2. The highest BCUT2D eigenvalue weighted by Gasteiger charge is 2.27. The molecule has 1 aromatic heterocycles. The van der Waals surface area contributed by atoms with Gasteiger partial charge in [0.05, 0.1) is 11.3 Å². The molecule has 0 spiro atoms. The smallest absolute Gasteiger partial charge is 0.338 e. The Hall–Kier alpha value is -3.55. The van der Waals surface area contributed by atoms with Crippen LogP contribution in [0.15, 0.2) is 60.9 Å². The van der Waals surface area contributed by atoms with Crippen molar-refractivity contribution in [1.82, 2.24) is 20.2 Å². The quantitative estimate of drug-likeness (QED) is 0.585. The van der Waals surface area contributed by atoms with Crippen LogP contribution in [-0.4, -0.2) is 44.7 Å². The highest BCUT2D eigenvalue weighted by atomic mass is 16.5. The Kier molecular flexibility index (Phi) is 6.12. The van der Waals surface area contributed by atoms with Crippen LogP contribution in [0.3, 0.4) is 0 Å². The minimum atomic E-state index is -0.560. The second kappa shape index (κ2) is 9.30. The van der Waals surface area contributed by atoms with Gasteiger partial charge in [-0.3, -0.25) is 4.79 Å². The van der Waals surface area contributed by atoms with Crippen molar-refractivity contribution in [2.24, 2.45) is 0 Å². The van der Waals surface area contributed by atoms with Gasteiger partial charge in [0.25, 0.3) is 5.91 Å². The Morgan fingerprint density at radius 1 is 1.03 bits per heavy atom. The number of rotatable bonds is 6. The molecule has 1 aliphatic carbocycles. The third kappa shape index (κ3) is 4.53. The fourth-order valence-corrected chi connectivity index (χ4v) is 3.82. The summed E-state index contributed by atoms with van der Waals surface area (Å²) in [7, 11) is 0. The molecule has 0 saturated heterocycles. The minimum absolute atomic E-state index is 0.135. The van der Waals surface area contributed by atoms with E-state index >= 15 is 0 Å². The average Bonchev–Trinajstić information content (AvgIpc) is 3.34. The zero-order valence-electron chi connectivity index (χ0n) is 16.6. The molecular formula is C22H23N5O3. The highest BCUT2D eigenvalue weighted by Crippen LogP contribution is 2.27. The van der Waals surface area contributed by atoms with Crippen LogP contribution in [0.1, 0.15) is 42.5 Å². The average molecular weight is 405 g/mol. The molecule has 0 bridgehead atoms. The lowest BCUT2D eigenvalue weighted by molar-refractivity contribution is -0.122. The molecule has 1 heterocycles. The number of carbonyl (C=O) groups is 2. The SMILES string of the molecule is O=C(OCC(=O)N(c1ccccc1)C1CCCCC1)c1cccc(-n2cnnn2)c1. The van der Waals surface area contributed by atoms with Crippen molar-refractivity contribution in [2.45, 2.75) is 38.1 Å². The third-order valence-electron chi connectivity index (χ3n) is 5.27. The van der Waals surface area contributed by atoms with Gasteiger partial charge in [-0.25, -0.2) is 9.48 Å². The first-order chi connectivity index (χ1) is 14.7. The molecule has 1 aliphatic rings. The Morgan fingerprint density at radius 2 is 1.83 bits per heavy atom. The molecule has 0 aliphatic heterocycles. The van der Waals surface area contributed by atoms with Gasteiger partial charge in [-0.15, -0.1) is 5.10 Å². The number of aromatic nitrogens is 4. The topological polar surface area (TPSA) is 90.2 Å². The number of tetrazole rings is 1. The van der Waals surface area contributed by atoms with Crippen LogP contribution >= 0.6 is 0 Å². The molecule has 2 aromatic carbocycles. The summed E-state index contributed by atoms with van der Waals surface area (Å²) in [5.74, 6) is -0.770. The number of amides is 1. The molecule has 8 nitrogen and oxygen atoms in total. The first kappa shape index (κ1) is 19.8. The van der Waals surface area contributed by atoms with Gasteiger partial charge in [0.2, 0.25) is 0 Å². The number of hydrogen-bond donors (Lipinski definition) is 0. The van der Waals surface area contributed by atoms with E-state index in [2.05, 4.69) is 15.5 Å². The van der Waals surface area contributed by atoms with Gasteiger partial charge in [-0.1, -0.05) is 43.5 Å². The summed E-state index contributed by atoms with van der Waals surface area (Å²) in [5, 5.41) is 11.0. The third-order valence-corrected chi connectivity index (χ3v) is 5.27. The number of hydrogen-bond acceptors (Lipinski definition) is 6. The van der Waals surface area contributed by atoms with Crippen molar-refractivity contribution in [3.63, 3.8) is 0 Å². The molecule has 0 radical (unpaired) electrons. The van der Waals surface area contributed by atoms with Crippen LogP contribution in [0.5, 0.6) is 0 Å². The second-order valence-corrected chi connectivity index (χ2v) is 7.27. The van der Waals surface area contributed by atoms with E-state index in [1.165, 1.54) is 17.4 Å². The van der Waals surface area contributed by atoms with Crippen LogP contribution < -0.4 is 4.90 Å². The van der Waals surface area contributed by atoms with E-state index in [9.17, 15) is 9.59 Å². The highest BCUT2D eigenvalue weighted by molar-refractivity contribution is 5.97. The van der Waals surface area contributed by atoms with Crippen molar-refractivity contribution >= 4 is 17.6 Å². The maximum Gasteiger partial charge on any atom is 0.338 e. The fourth-order valence-electron chi connectivity index (χ4n) is 3.82. The lowest BCUT2D eigenvalue weighted by Gasteiger charge is -2.34. The van der Waals surface area contributed by atoms with Crippen molar-refractivity contribution in [1.29, 1.82) is 0 Å². The van der Waals surface area contributed by atoms with E-state index in [4.69, 9.17) is 4.74 Å². The number of ether oxygens (including phenoxy) is 1. The van der Waals surface area contributed by atoms with E-state index in [1.807, 2.05) is 30.3 Å². The van der Waals surface area contributed by atoms with Gasteiger partial charge < -0.3 is 9.64 Å². The van der Waals surface area contributed by atoms with Gasteiger partial charge in [0.15, 0.2) is 6.61 Å². The first-order valence-corrected chi connectivity index (χ1v) is 10.1. The first-order valence-electron chi connectivity index (χ1n) is 10.1. The molecule has 4 rings (SSSR count). The molecule has 1 fully saturated rings. The van der Waals surface area contributed by atoms with E-state index in [0.29, 0.717) is 11.3 Å². The van der Waals surface area contributed by atoms with Gasteiger partial charge in [-0.2, -0.15) is 0 Å². The zero-order chi connectivity index (χ0) is 20.8. The van der Waals surface area contributed by atoms with Crippen molar-refractivity contribution in [3.8, 4) is 5.69 Å². The molecule has 30 heavy (non-hydrogen) atoms. The number of carbonyl (C=O) groups excluding carboxylic acids is 2. The summed E-state index contributed by atoms with van der Waals surface area (Å²) in [4.78, 5) is 27.4. The molecule has 154 valence electrons. The molecule has 0 N–H and O–H groups in total. The van der Waals surface area contributed by atoms with E-state index in [-0.39, 0.29) is 18.6 Å². The molecule has 1 amide bonds. The maximum absolute atomic E-state index is 13.1. The summed E-state index contributed by atoms with van der Waals surface area (Å²) in [5.41, 5.74) is 1.81. The predicted octanol–water partition coefficient (Wildman–Crippen LogP) is 3.19. The van der Waals surface area contributed by atoms with Crippen LogP contribution in [0.4, 0.5) is 5.69 Å². The number of para-hydroxylation sites is 1. The van der Waals surface area contributed by atoms with Crippen molar-refractivity contribution in [2.75, 3.05) is 11.5 Å². The lowest BCUT2D eigenvalue weighted by atomic mass is 9.93. The predicted molar refractivity (Wildman–Crippen MR) is 110 cm³/mol. The fraction of sp³-hybridized carbons (Fsp3) is 0.318. The molecule has 8 heteroatoms. The standard InChI is InChI=1S/C22H23N5O3/c28-21(27(18-9-3-1-4-10-18)19-11-5-2-6-12-19)15-30-22(29)17-8-7-13-20(14-17)26-16-23-24-25-26/h1,3-4,7-10,13-14,16,19H,2,5-6,11-12,15H2. The van der Waals surface area contributed by atoms with Crippen LogP contribution in [0.25, 0.3) is 5.69 Å². The Bertz CT molecular complexity index is 985. The lowest BCUT2D eigenvalue weighted by Crippen LogP contribution is -2.43. The maximum atomic E-state index is 13.1. The molecular weight excluding hydrogens is 382 g/mol. The summed E-state index contributed by atoms with van der Waals surface area (Å²) in [6, 6.07) is 16.5. The van der Waals surface area contributed by atoms with Gasteiger partial charge in [0.1, 0.15) is 6.33 Å². The zero-order valence-corrected chi connectivity index (χ0v) is 16.6. The monoisotopic (exact) mass is 405 g/mol. The number of anilines is 1. The van der Waals surface area contributed by atoms with Gasteiger partial charge in [0, 0.05) is 11.7 Å². The Labute approximate surface area is 174 Å². The van der Waals surface area contributed by atoms with E-state index < -0.39 is 5.97 Å². The molecule has 0 atom stereocenters. The summed E-state index contributed by atoms with van der Waals surface area (Å²) >= 11 is 0. The van der Waals surface area contributed by atoms with Crippen LogP contribution in [0, 0.1) is 0 Å². The van der Waals surface area contributed by atoms with E-state index in [1.54, 1.807) is 29.2 Å². The van der Waals surface area contributed by atoms with Gasteiger partial charge >= 0.3 is 5.97 Å². The summed E-state index contributed by atoms with van der Waals surface area (Å²) < 4.78 is 6.81. The largest absolute Gasteiger partial charge is 0.452 e. The minimum Gasteiger partial charge on any atom is -0.452 e. The number of nitrogens with zero attached hydrogens (tertiary/aromatic N) is 5. The molecule has 1 saturated carbocycles. The van der Waals surface area contributed by atoms with E-state index in [0.717, 1.165) is 31.4 Å². The van der Waals surface area contributed by atoms with Crippen molar-refractivity contribution in [3.05, 3.63) is 66.5 Å². The number of esters is 1. The van der Waals surface area contributed by atoms with Crippen LogP contribution in [0.2, 0.25) is 0 Å². The van der Waals surface area contributed by atoms with Crippen LogP contribution in [-0.2, 0) is 9.53 Å². The Balaban J connectivity index is 1.45. The normalized spacial score (nSPS) is 14.3. The van der Waals surface area contributed by atoms with Gasteiger partial charge in [-0.05, 0) is 53.6 Å². The Morgan fingerprint density at radius 3 is 2.57 bits per heavy atom. The second-order valence-electron chi connectivity index (χ2n) is 7.27. The molecule has 3 aromatic rings. The summed E-state index contributed by atoms with van der Waals surface area (Å²) in [6.45, 7) is -0.306. The van der Waals surface area contributed by atoms with Crippen molar-refractivity contribution < 1.29 is 14.3 Å². The summed E-state index contributed by atoms with van der Waals surface area (Å²) in [6.07, 6.45) is 6.76. The molecule has 0 unspecified atom stereocenters.